The fraction of sp³-hybridized carbons (Fsp3) is 0.150. The standard InChI is InChI=1S/C20H16Cl2N2O5S/c1-2-29-15-8-11(7-13(22)18(15)26)9-16-19(27)24(20(28)30-16)10-17(25)23-14-6-4-3-5-12(14)21/h3-9,26H,2,10H2,1H3,(H,23,25)/b16-9+. The highest BCUT2D eigenvalue weighted by Crippen LogP contribution is 2.38. The minimum Gasteiger partial charge on any atom is -0.503 e. The van der Waals surface area contributed by atoms with Crippen molar-refractivity contribution in [1.29, 1.82) is 0 Å². The quantitative estimate of drug-likeness (QED) is 0.595. The first-order valence-corrected chi connectivity index (χ1v) is 10.3. The van der Waals surface area contributed by atoms with Gasteiger partial charge in [0.25, 0.3) is 11.1 Å². The first-order chi connectivity index (χ1) is 14.3. The molecule has 0 radical (unpaired) electrons. The van der Waals surface area contributed by atoms with Gasteiger partial charge in [0.15, 0.2) is 11.5 Å². The summed E-state index contributed by atoms with van der Waals surface area (Å²) in [5.74, 6) is -1.21. The fourth-order valence-electron chi connectivity index (χ4n) is 2.63. The Kier molecular flexibility index (Phi) is 6.91. The number of ether oxygens (including phenoxy) is 1. The lowest BCUT2D eigenvalue weighted by Gasteiger charge is -2.13. The maximum Gasteiger partial charge on any atom is 0.294 e. The number of carbonyl (C=O) groups is 3. The average Bonchev–Trinajstić information content (AvgIpc) is 2.95. The Morgan fingerprint density at radius 3 is 2.67 bits per heavy atom. The third-order valence-corrected chi connectivity index (χ3v) is 5.50. The number of hydrogen-bond donors (Lipinski definition) is 2. The number of nitrogens with one attached hydrogen (secondary N) is 1. The van der Waals surface area contributed by atoms with E-state index in [1.165, 1.54) is 18.2 Å². The fourth-order valence-corrected chi connectivity index (χ4v) is 3.87. The van der Waals surface area contributed by atoms with Crippen LogP contribution in [0.5, 0.6) is 11.5 Å². The van der Waals surface area contributed by atoms with Crippen LogP contribution in [0.3, 0.4) is 0 Å². The van der Waals surface area contributed by atoms with Crippen LogP contribution in [0.4, 0.5) is 10.5 Å². The average molecular weight is 467 g/mol. The van der Waals surface area contributed by atoms with Crippen LogP contribution >= 0.6 is 35.0 Å². The van der Waals surface area contributed by atoms with Gasteiger partial charge < -0.3 is 15.2 Å². The number of aromatic hydroxyl groups is 1. The van der Waals surface area contributed by atoms with Gasteiger partial charge in [-0.25, -0.2) is 0 Å². The number of anilines is 1. The van der Waals surface area contributed by atoms with Crippen molar-refractivity contribution in [1.82, 2.24) is 4.90 Å². The number of rotatable bonds is 6. The summed E-state index contributed by atoms with van der Waals surface area (Å²) >= 11 is 12.7. The van der Waals surface area contributed by atoms with Crippen LogP contribution in [-0.4, -0.2) is 40.2 Å². The zero-order chi connectivity index (χ0) is 21.8. The highest BCUT2D eigenvalue weighted by Gasteiger charge is 2.36. The lowest BCUT2D eigenvalue weighted by atomic mass is 10.2. The first kappa shape index (κ1) is 22.0. The Bertz CT molecular complexity index is 1060. The molecular weight excluding hydrogens is 451 g/mol. The molecule has 1 saturated heterocycles. The van der Waals surface area contributed by atoms with E-state index < -0.39 is 23.6 Å². The molecule has 1 fully saturated rings. The van der Waals surface area contributed by atoms with Crippen molar-refractivity contribution in [3.63, 3.8) is 0 Å². The van der Waals surface area contributed by atoms with Crippen molar-refractivity contribution >= 4 is 63.8 Å². The number of para-hydroxylation sites is 1. The second-order valence-corrected chi connectivity index (χ2v) is 7.89. The minimum absolute atomic E-state index is 0.0468. The predicted octanol–water partition coefficient (Wildman–Crippen LogP) is 4.77. The van der Waals surface area contributed by atoms with Crippen LogP contribution in [-0.2, 0) is 9.59 Å². The molecule has 2 aromatic rings. The highest BCUT2D eigenvalue weighted by molar-refractivity contribution is 8.18. The Hall–Kier alpha value is -2.68. The van der Waals surface area contributed by atoms with Gasteiger partial charge in [0, 0.05) is 0 Å². The van der Waals surface area contributed by atoms with E-state index in [1.54, 1.807) is 31.2 Å². The molecule has 156 valence electrons. The highest BCUT2D eigenvalue weighted by atomic mass is 35.5. The summed E-state index contributed by atoms with van der Waals surface area (Å²) in [5.41, 5.74) is 0.848. The molecule has 0 bridgehead atoms. The summed E-state index contributed by atoms with van der Waals surface area (Å²) in [4.78, 5) is 38.1. The first-order valence-electron chi connectivity index (χ1n) is 8.75. The van der Waals surface area contributed by atoms with Gasteiger partial charge in [-0.1, -0.05) is 35.3 Å². The van der Waals surface area contributed by atoms with Crippen molar-refractivity contribution in [2.75, 3.05) is 18.5 Å². The molecule has 1 aliphatic rings. The van der Waals surface area contributed by atoms with E-state index in [-0.39, 0.29) is 21.4 Å². The van der Waals surface area contributed by atoms with Crippen molar-refractivity contribution in [3.8, 4) is 11.5 Å². The van der Waals surface area contributed by atoms with Gasteiger partial charge in [0.05, 0.1) is 27.2 Å². The Labute approximate surface area is 186 Å². The van der Waals surface area contributed by atoms with Crippen LogP contribution in [0.25, 0.3) is 6.08 Å². The normalized spacial score (nSPS) is 15.0. The van der Waals surface area contributed by atoms with Gasteiger partial charge in [-0.15, -0.1) is 0 Å². The number of carbonyl (C=O) groups excluding carboxylic acids is 3. The smallest absolute Gasteiger partial charge is 0.294 e. The van der Waals surface area contributed by atoms with E-state index in [9.17, 15) is 19.5 Å². The number of phenolic OH excluding ortho intramolecular Hbond substituents is 1. The third-order valence-electron chi connectivity index (χ3n) is 3.97. The molecule has 0 saturated carbocycles. The molecule has 0 aromatic heterocycles. The SMILES string of the molecule is CCOc1cc(/C=C2/SC(=O)N(CC(=O)Nc3ccccc3Cl)C2=O)cc(Cl)c1O. The number of nitrogens with zero attached hydrogens (tertiary/aromatic N) is 1. The van der Waals surface area contributed by atoms with E-state index in [1.807, 2.05) is 0 Å². The predicted molar refractivity (Wildman–Crippen MR) is 117 cm³/mol. The second kappa shape index (κ2) is 9.42. The number of amides is 3. The number of phenols is 1. The molecule has 2 N–H and O–H groups in total. The third kappa shape index (κ3) is 4.89. The zero-order valence-corrected chi connectivity index (χ0v) is 18.0. The minimum atomic E-state index is -0.610. The van der Waals surface area contributed by atoms with Gasteiger partial charge in [-0.3, -0.25) is 19.3 Å². The van der Waals surface area contributed by atoms with Crippen LogP contribution in [0.1, 0.15) is 12.5 Å². The molecule has 3 amide bonds. The van der Waals surface area contributed by atoms with E-state index in [0.717, 1.165) is 4.90 Å². The van der Waals surface area contributed by atoms with E-state index in [4.69, 9.17) is 27.9 Å². The lowest BCUT2D eigenvalue weighted by molar-refractivity contribution is -0.127. The van der Waals surface area contributed by atoms with Crippen LogP contribution in [0.2, 0.25) is 10.0 Å². The summed E-state index contributed by atoms with van der Waals surface area (Å²) in [5, 5.41) is 12.3. The van der Waals surface area contributed by atoms with Crippen LogP contribution in [0.15, 0.2) is 41.3 Å². The molecule has 1 aliphatic heterocycles. The monoisotopic (exact) mass is 466 g/mol. The lowest BCUT2D eigenvalue weighted by Crippen LogP contribution is -2.36. The number of hydrogen-bond acceptors (Lipinski definition) is 6. The van der Waals surface area contributed by atoms with Crippen LogP contribution < -0.4 is 10.1 Å². The molecule has 0 aliphatic carbocycles. The summed E-state index contributed by atoms with van der Waals surface area (Å²) in [6.45, 7) is 1.61. The van der Waals surface area contributed by atoms with Gasteiger partial charge in [-0.05, 0) is 54.6 Å². The summed E-state index contributed by atoms with van der Waals surface area (Å²) in [7, 11) is 0. The van der Waals surface area contributed by atoms with Gasteiger partial charge in [-0.2, -0.15) is 0 Å². The molecule has 3 rings (SSSR count). The maximum atomic E-state index is 12.6. The number of benzene rings is 2. The Morgan fingerprint density at radius 1 is 1.23 bits per heavy atom. The van der Waals surface area contributed by atoms with E-state index in [2.05, 4.69) is 5.32 Å². The van der Waals surface area contributed by atoms with Crippen molar-refractivity contribution < 1.29 is 24.2 Å². The number of halogens is 2. The van der Waals surface area contributed by atoms with Crippen molar-refractivity contribution in [3.05, 3.63) is 56.9 Å². The summed E-state index contributed by atoms with van der Waals surface area (Å²) in [6, 6.07) is 9.58. The van der Waals surface area contributed by atoms with Gasteiger partial charge >= 0.3 is 0 Å². The molecule has 10 heteroatoms. The zero-order valence-electron chi connectivity index (χ0n) is 15.6. The Balaban J connectivity index is 1.76. The van der Waals surface area contributed by atoms with Crippen molar-refractivity contribution in [2.45, 2.75) is 6.92 Å². The van der Waals surface area contributed by atoms with E-state index >= 15 is 0 Å². The van der Waals surface area contributed by atoms with E-state index in [0.29, 0.717) is 34.6 Å². The molecule has 2 aromatic carbocycles. The van der Waals surface area contributed by atoms with Crippen LogP contribution in [0, 0.1) is 0 Å². The number of imide groups is 1. The van der Waals surface area contributed by atoms with Gasteiger partial charge in [0.2, 0.25) is 5.91 Å². The maximum absolute atomic E-state index is 12.6. The summed E-state index contributed by atoms with van der Waals surface area (Å²) in [6.07, 6.45) is 1.45. The molecule has 0 spiro atoms. The number of thioether (sulfide) groups is 1. The molecule has 0 unspecified atom stereocenters. The largest absolute Gasteiger partial charge is 0.503 e. The Morgan fingerprint density at radius 2 is 1.97 bits per heavy atom. The van der Waals surface area contributed by atoms with Gasteiger partial charge in [0.1, 0.15) is 6.54 Å². The molecular formula is C20H16Cl2N2O5S. The topological polar surface area (TPSA) is 95.9 Å². The molecule has 1 heterocycles. The molecule has 30 heavy (non-hydrogen) atoms. The second-order valence-electron chi connectivity index (χ2n) is 6.08. The molecule has 0 atom stereocenters. The summed E-state index contributed by atoms with van der Waals surface area (Å²) < 4.78 is 5.31. The van der Waals surface area contributed by atoms with Crippen molar-refractivity contribution in [2.24, 2.45) is 0 Å². The molecule has 7 nitrogen and oxygen atoms in total.